The summed E-state index contributed by atoms with van der Waals surface area (Å²) in [6, 6.07) is 4.88. The molecule has 5 rings (SSSR count). The maximum atomic E-state index is 13.0. The molecule has 0 radical (unpaired) electrons. The Labute approximate surface area is 201 Å². The number of methoxy groups -OCH3 is 1. The van der Waals surface area contributed by atoms with Gasteiger partial charge in [-0.25, -0.2) is 13.4 Å². The highest BCUT2D eigenvalue weighted by molar-refractivity contribution is 7.94. The Morgan fingerprint density at radius 2 is 2.03 bits per heavy atom. The van der Waals surface area contributed by atoms with Gasteiger partial charge in [0, 0.05) is 31.2 Å². The molecule has 0 atom stereocenters. The summed E-state index contributed by atoms with van der Waals surface area (Å²) in [6.07, 6.45) is 5.51. The number of pyridine rings is 2. The summed E-state index contributed by atoms with van der Waals surface area (Å²) in [5.41, 5.74) is 0.497. The molecule has 2 aliphatic carbocycles. The minimum Gasteiger partial charge on any atom is -0.481 e. The molecule has 1 N–H and O–H groups in total. The number of aromatic nitrogens is 4. The van der Waals surface area contributed by atoms with Crippen LogP contribution >= 0.6 is 0 Å². The second-order valence-corrected chi connectivity index (χ2v) is 11.6. The summed E-state index contributed by atoms with van der Waals surface area (Å²) < 4.78 is 36.8. The number of nitrogens with zero attached hydrogens (tertiary/aromatic N) is 4. The quantitative estimate of drug-likeness (QED) is 0.459. The summed E-state index contributed by atoms with van der Waals surface area (Å²) in [6.45, 7) is 0.142. The van der Waals surface area contributed by atoms with Gasteiger partial charge in [0.05, 0.1) is 18.6 Å². The van der Waals surface area contributed by atoms with Crippen molar-refractivity contribution in [2.75, 3.05) is 13.7 Å². The van der Waals surface area contributed by atoms with E-state index in [1.54, 1.807) is 18.3 Å². The van der Waals surface area contributed by atoms with Crippen LogP contribution in [0.1, 0.15) is 41.6 Å². The van der Waals surface area contributed by atoms with Gasteiger partial charge in [-0.2, -0.15) is 5.10 Å². The zero-order valence-corrected chi connectivity index (χ0v) is 20.2. The Kier molecular flexibility index (Phi) is 5.70. The SMILES string of the molecule is COc1ccc(CNC(=O)c2cc3cnnc(OCC4(S(=O)(=O)C5CC5)CC4)c3n(C)c2=O)cn1. The molecule has 3 heterocycles. The van der Waals surface area contributed by atoms with E-state index in [4.69, 9.17) is 9.47 Å². The van der Waals surface area contributed by atoms with Gasteiger partial charge in [0.1, 0.15) is 22.4 Å². The van der Waals surface area contributed by atoms with Crippen LogP contribution in [0.5, 0.6) is 11.8 Å². The van der Waals surface area contributed by atoms with Gasteiger partial charge < -0.3 is 19.4 Å². The van der Waals surface area contributed by atoms with Gasteiger partial charge in [0.15, 0.2) is 9.84 Å². The van der Waals surface area contributed by atoms with Crippen LogP contribution in [0.2, 0.25) is 0 Å². The third kappa shape index (κ3) is 4.22. The van der Waals surface area contributed by atoms with Crippen molar-refractivity contribution in [1.82, 2.24) is 25.1 Å². The standard InChI is InChI=1S/C23H25N5O6S/c1-28-19-15(9-17(22(28)30)20(29)25-11-14-3-6-18(33-2)24-10-14)12-26-27-21(19)34-13-23(7-8-23)35(31,32)16-4-5-16/h3,6,9-10,12,16H,4-5,7-8,11,13H2,1-2H3,(H,25,29). The molecular formula is C23H25N5O6S. The molecule has 0 unspecified atom stereocenters. The Morgan fingerprint density at radius 1 is 1.26 bits per heavy atom. The summed E-state index contributed by atoms with van der Waals surface area (Å²) in [7, 11) is -0.228. The number of sulfone groups is 1. The van der Waals surface area contributed by atoms with E-state index >= 15 is 0 Å². The zero-order valence-electron chi connectivity index (χ0n) is 19.4. The number of nitrogens with one attached hydrogen (secondary N) is 1. The molecule has 35 heavy (non-hydrogen) atoms. The van der Waals surface area contributed by atoms with Crippen molar-refractivity contribution in [1.29, 1.82) is 0 Å². The number of aryl methyl sites for hydroxylation is 1. The Morgan fingerprint density at radius 3 is 2.66 bits per heavy atom. The smallest absolute Gasteiger partial charge is 0.263 e. The van der Waals surface area contributed by atoms with Gasteiger partial charge in [-0.3, -0.25) is 9.59 Å². The van der Waals surface area contributed by atoms with Crippen LogP contribution in [0.3, 0.4) is 0 Å². The molecule has 0 aliphatic heterocycles. The fraction of sp³-hybridized carbons (Fsp3) is 0.435. The summed E-state index contributed by atoms with van der Waals surface area (Å²) in [5.74, 6) is -0.0222. The third-order valence-electron chi connectivity index (χ3n) is 6.54. The molecule has 11 nitrogen and oxygen atoms in total. The molecule has 2 aliphatic rings. The highest BCUT2D eigenvalue weighted by Crippen LogP contribution is 2.50. The van der Waals surface area contributed by atoms with Crippen LogP contribution in [-0.2, 0) is 23.4 Å². The Bertz CT molecular complexity index is 1460. The van der Waals surface area contributed by atoms with Crippen molar-refractivity contribution in [3.8, 4) is 11.8 Å². The molecule has 2 saturated carbocycles. The lowest BCUT2D eigenvalue weighted by Crippen LogP contribution is -2.34. The first-order valence-electron chi connectivity index (χ1n) is 11.2. The first-order chi connectivity index (χ1) is 16.8. The fourth-order valence-electron chi connectivity index (χ4n) is 4.07. The number of carbonyl (C=O) groups excluding carboxylic acids is 1. The first-order valence-corrected chi connectivity index (χ1v) is 12.8. The highest BCUT2D eigenvalue weighted by Gasteiger charge is 2.60. The van der Waals surface area contributed by atoms with Gasteiger partial charge in [-0.05, 0) is 37.3 Å². The van der Waals surface area contributed by atoms with E-state index < -0.39 is 26.1 Å². The molecule has 12 heteroatoms. The first kappa shape index (κ1) is 23.2. The van der Waals surface area contributed by atoms with Gasteiger partial charge in [0.25, 0.3) is 17.3 Å². The lowest BCUT2D eigenvalue weighted by molar-refractivity contribution is 0.0949. The second kappa shape index (κ2) is 8.59. The number of amides is 1. The number of rotatable bonds is 9. The van der Waals surface area contributed by atoms with E-state index in [1.807, 2.05) is 0 Å². The summed E-state index contributed by atoms with van der Waals surface area (Å²) in [4.78, 5) is 29.9. The predicted molar refractivity (Wildman–Crippen MR) is 126 cm³/mol. The molecule has 0 spiro atoms. The van der Waals surface area contributed by atoms with Crippen molar-refractivity contribution < 1.29 is 22.7 Å². The molecule has 3 aromatic rings. The molecule has 184 valence electrons. The maximum absolute atomic E-state index is 13.0. The van der Waals surface area contributed by atoms with E-state index in [-0.39, 0.29) is 29.8 Å². The zero-order chi connectivity index (χ0) is 24.8. The van der Waals surface area contributed by atoms with Crippen LogP contribution in [-0.4, -0.2) is 57.8 Å². The van der Waals surface area contributed by atoms with Gasteiger partial charge in [0.2, 0.25) is 5.88 Å². The Balaban J connectivity index is 1.36. The predicted octanol–water partition coefficient (Wildman–Crippen LogP) is 1.15. The van der Waals surface area contributed by atoms with Crippen molar-refractivity contribution >= 4 is 26.6 Å². The maximum Gasteiger partial charge on any atom is 0.263 e. The molecular weight excluding hydrogens is 474 g/mol. The average molecular weight is 500 g/mol. The van der Waals surface area contributed by atoms with Crippen molar-refractivity contribution in [2.24, 2.45) is 7.05 Å². The average Bonchev–Trinajstić information content (AvgIpc) is 3.77. The number of ether oxygens (including phenoxy) is 2. The lowest BCUT2D eigenvalue weighted by atomic mass is 10.2. The monoisotopic (exact) mass is 499 g/mol. The number of hydrogen-bond acceptors (Lipinski definition) is 9. The van der Waals surface area contributed by atoms with Crippen LogP contribution < -0.4 is 20.3 Å². The number of fused-ring (bicyclic) bond motifs is 1. The van der Waals surface area contributed by atoms with Crippen LogP contribution in [0.25, 0.3) is 10.9 Å². The molecule has 3 aromatic heterocycles. The Hall–Kier alpha value is -3.54. The normalized spacial score (nSPS) is 16.6. The van der Waals surface area contributed by atoms with E-state index in [9.17, 15) is 18.0 Å². The van der Waals surface area contributed by atoms with Gasteiger partial charge >= 0.3 is 0 Å². The van der Waals surface area contributed by atoms with E-state index in [2.05, 4.69) is 20.5 Å². The molecule has 0 saturated heterocycles. The topological polar surface area (TPSA) is 142 Å². The highest BCUT2D eigenvalue weighted by atomic mass is 32.2. The minimum atomic E-state index is -3.25. The second-order valence-electron chi connectivity index (χ2n) is 8.98. The lowest BCUT2D eigenvalue weighted by Gasteiger charge is -2.17. The molecule has 1 amide bonds. The van der Waals surface area contributed by atoms with Crippen molar-refractivity contribution in [3.63, 3.8) is 0 Å². The fourth-order valence-corrected chi connectivity index (χ4v) is 6.43. The molecule has 0 aromatic carbocycles. The molecule has 2 fully saturated rings. The van der Waals surface area contributed by atoms with E-state index in [0.717, 1.165) is 5.56 Å². The number of carbonyl (C=O) groups is 1. The van der Waals surface area contributed by atoms with E-state index in [1.165, 1.54) is 31.0 Å². The third-order valence-corrected chi connectivity index (χ3v) is 9.62. The van der Waals surface area contributed by atoms with E-state index in [0.29, 0.717) is 42.5 Å². The summed E-state index contributed by atoms with van der Waals surface area (Å²) >= 11 is 0. The van der Waals surface area contributed by atoms with Crippen LogP contribution in [0.4, 0.5) is 0 Å². The van der Waals surface area contributed by atoms with Gasteiger partial charge in [-0.15, -0.1) is 5.10 Å². The largest absolute Gasteiger partial charge is 0.481 e. The van der Waals surface area contributed by atoms with Crippen LogP contribution in [0, 0.1) is 0 Å². The van der Waals surface area contributed by atoms with Crippen molar-refractivity contribution in [2.45, 2.75) is 42.2 Å². The number of hydrogen-bond donors (Lipinski definition) is 1. The van der Waals surface area contributed by atoms with Crippen LogP contribution in [0.15, 0.2) is 35.4 Å². The van der Waals surface area contributed by atoms with Crippen molar-refractivity contribution in [3.05, 3.63) is 52.1 Å². The minimum absolute atomic E-state index is 0.0358. The van der Waals surface area contributed by atoms with Gasteiger partial charge in [-0.1, -0.05) is 6.07 Å². The summed E-state index contributed by atoms with van der Waals surface area (Å²) in [5, 5.41) is 10.9. The molecule has 0 bridgehead atoms.